The summed E-state index contributed by atoms with van der Waals surface area (Å²) in [7, 11) is -4.53. The number of hydrogen-bond donors (Lipinski definition) is 2. The lowest BCUT2D eigenvalue weighted by molar-refractivity contribution is 0.444. The summed E-state index contributed by atoms with van der Waals surface area (Å²) in [5, 5.41) is 10.0. The molecule has 25 heavy (non-hydrogen) atoms. The van der Waals surface area contributed by atoms with Crippen LogP contribution in [0.5, 0.6) is 5.75 Å². The molecule has 0 bridgehead atoms. The Labute approximate surface area is 150 Å². The zero-order valence-corrected chi connectivity index (χ0v) is 15.6. The summed E-state index contributed by atoms with van der Waals surface area (Å²) in [4.78, 5) is -0.416. The first-order valence-electron chi connectivity index (χ1n) is 8.80. The summed E-state index contributed by atoms with van der Waals surface area (Å²) in [6.07, 6.45) is 5.95. The van der Waals surface area contributed by atoms with Crippen LogP contribution in [0.2, 0.25) is 0 Å². The fourth-order valence-electron chi connectivity index (χ4n) is 3.15. The van der Waals surface area contributed by atoms with Crippen LogP contribution in [0, 0.1) is 0 Å². The molecule has 136 valence electrons. The lowest BCUT2D eigenvalue weighted by atomic mass is 9.90. The number of rotatable bonds is 8. The van der Waals surface area contributed by atoms with Crippen molar-refractivity contribution < 1.29 is 18.1 Å². The highest BCUT2D eigenvalue weighted by atomic mass is 32.2. The smallest absolute Gasteiger partial charge is 0.298 e. The second-order valence-corrected chi connectivity index (χ2v) is 7.64. The average molecular weight is 362 g/mol. The highest BCUT2D eigenvalue weighted by Crippen LogP contribution is 2.37. The fraction of sp³-hybridized carbons (Fsp3) is 0.400. The van der Waals surface area contributed by atoms with Crippen LogP contribution in [-0.2, 0) is 23.0 Å². The molecule has 0 unspecified atom stereocenters. The molecule has 0 heterocycles. The second kappa shape index (κ2) is 8.50. The first kappa shape index (κ1) is 19.5. The van der Waals surface area contributed by atoms with Crippen LogP contribution in [0.1, 0.15) is 50.7 Å². The van der Waals surface area contributed by atoms with E-state index < -0.39 is 20.8 Å². The number of phenols is 1. The Kier molecular flexibility index (Phi) is 6.62. The van der Waals surface area contributed by atoms with Gasteiger partial charge in [0.05, 0.1) is 0 Å². The zero-order chi connectivity index (χ0) is 18.4. The third-order valence-electron chi connectivity index (χ3n) is 4.40. The van der Waals surface area contributed by atoms with Crippen LogP contribution >= 0.6 is 0 Å². The molecular formula is C20H26O4S. The minimum absolute atomic E-state index is 0.354. The average Bonchev–Trinajstić information content (AvgIpc) is 2.56. The molecule has 0 saturated heterocycles. The van der Waals surface area contributed by atoms with Crippen LogP contribution in [0.15, 0.2) is 41.3 Å². The van der Waals surface area contributed by atoms with Crippen LogP contribution in [0.25, 0.3) is 11.1 Å². The van der Waals surface area contributed by atoms with Crippen molar-refractivity contribution in [3.63, 3.8) is 0 Å². The lowest BCUT2D eigenvalue weighted by Gasteiger charge is -2.17. The maximum Gasteiger partial charge on any atom is 0.298 e. The van der Waals surface area contributed by atoms with Crippen molar-refractivity contribution in [2.24, 2.45) is 0 Å². The van der Waals surface area contributed by atoms with Crippen LogP contribution in [0.4, 0.5) is 0 Å². The highest BCUT2D eigenvalue weighted by Gasteiger charge is 2.23. The summed E-state index contributed by atoms with van der Waals surface area (Å²) in [6, 6.07) is 10.4. The van der Waals surface area contributed by atoms with E-state index in [2.05, 4.69) is 19.9 Å². The molecule has 0 radical (unpaired) electrons. The van der Waals surface area contributed by atoms with Gasteiger partial charge in [0, 0.05) is 5.56 Å². The summed E-state index contributed by atoms with van der Waals surface area (Å²) in [5.41, 5.74) is 3.43. The van der Waals surface area contributed by atoms with E-state index in [1.165, 1.54) is 11.6 Å². The van der Waals surface area contributed by atoms with Gasteiger partial charge in [-0.3, -0.25) is 4.55 Å². The summed E-state index contributed by atoms with van der Waals surface area (Å²) in [6.45, 7) is 4.26. The SMILES string of the molecule is CCCCc1cccc(-c2cccc(O)c2S(=O)(=O)O)c1CCCC. The minimum atomic E-state index is -4.53. The maximum atomic E-state index is 11.8. The summed E-state index contributed by atoms with van der Waals surface area (Å²) >= 11 is 0. The van der Waals surface area contributed by atoms with E-state index in [4.69, 9.17) is 0 Å². The van der Waals surface area contributed by atoms with E-state index in [1.807, 2.05) is 12.1 Å². The van der Waals surface area contributed by atoms with E-state index in [1.54, 1.807) is 12.1 Å². The monoisotopic (exact) mass is 362 g/mol. The van der Waals surface area contributed by atoms with Crippen molar-refractivity contribution >= 4 is 10.1 Å². The van der Waals surface area contributed by atoms with Gasteiger partial charge in [0.2, 0.25) is 0 Å². The predicted octanol–water partition coefficient (Wildman–Crippen LogP) is 4.99. The van der Waals surface area contributed by atoms with Gasteiger partial charge in [-0.15, -0.1) is 0 Å². The Morgan fingerprint density at radius 1 is 0.880 bits per heavy atom. The molecule has 0 aliphatic heterocycles. The van der Waals surface area contributed by atoms with Crippen molar-refractivity contribution in [3.05, 3.63) is 47.5 Å². The third-order valence-corrected chi connectivity index (χ3v) is 5.34. The summed E-state index contributed by atoms with van der Waals surface area (Å²) in [5.74, 6) is -0.430. The van der Waals surface area contributed by atoms with Crippen molar-refractivity contribution in [1.82, 2.24) is 0 Å². The molecule has 0 aliphatic rings. The molecule has 2 aromatic carbocycles. The van der Waals surface area contributed by atoms with Crippen molar-refractivity contribution in [2.75, 3.05) is 0 Å². The number of aromatic hydroxyl groups is 1. The van der Waals surface area contributed by atoms with Crippen LogP contribution in [-0.4, -0.2) is 18.1 Å². The van der Waals surface area contributed by atoms with E-state index in [0.29, 0.717) is 5.56 Å². The van der Waals surface area contributed by atoms with Gasteiger partial charge in [0.25, 0.3) is 10.1 Å². The van der Waals surface area contributed by atoms with Crippen molar-refractivity contribution in [1.29, 1.82) is 0 Å². The van der Waals surface area contributed by atoms with Crippen LogP contribution < -0.4 is 0 Å². The number of hydrogen-bond acceptors (Lipinski definition) is 3. The van der Waals surface area contributed by atoms with Gasteiger partial charge in [0.1, 0.15) is 10.6 Å². The normalized spacial score (nSPS) is 11.6. The molecule has 0 fully saturated rings. The summed E-state index contributed by atoms with van der Waals surface area (Å²) < 4.78 is 33.3. The third kappa shape index (κ3) is 4.61. The van der Waals surface area contributed by atoms with Crippen LogP contribution in [0.3, 0.4) is 0 Å². The molecule has 0 saturated carbocycles. The Morgan fingerprint density at radius 3 is 2.12 bits per heavy atom. The van der Waals surface area contributed by atoms with E-state index in [9.17, 15) is 18.1 Å². The largest absolute Gasteiger partial charge is 0.506 e. The Morgan fingerprint density at radius 2 is 1.48 bits per heavy atom. The zero-order valence-electron chi connectivity index (χ0n) is 14.8. The molecule has 0 spiro atoms. The van der Waals surface area contributed by atoms with Crippen molar-refractivity contribution in [2.45, 2.75) is 57.3 Å². The molecule has 2 aromatic rings. The molecule has 0 aliphatic carbocycles. The minimum Gasteiger partial charge on any atom is -0.506 e. The molecule has 0 atom stereocenters. The number of benzene rings is 2. The van der Waals surface area contributed by atoms with Gasteiger partial charge >= 0.3 is 0 Å². The van der Waals surface area contributed by atoms with E-state index >= 15 is 0 Å². The molecule has 0 aromatic heterocycles. The Bertz CT molecular complexity index is 826. The van der Waals surface area contributed by atoms with Crippen molar-refractivity contribution in [3.8, 4) is 16.9 Å². The standard InChI is InChI=1S/C20H26O4S/c1-3-5-9-15-10-7-12-17(16(15)11-6-4-2)18-13-8-14-19(21)20(18)25(22,23)24/h7-8,10,12-14,21H,3-6,9,11H2,1-2H3,(H,22,23,24). The van der Waals surface area contributed by atoms with E-state index in [-0.39, 0.29) is 0 Å². The molecule has 2 N–H and O–H groups in total. The second-order valence-electron chi connectivity index (χ2n) is 6.28. The maximum absolute atomic E-state index is 11.8. The molecule has 4 nitrogen and oxygen atoms in total. The first-order chi connectivity index (χ1) is 11.9. The number of phenolic OH excluding ortho intramolecular Hbond substituents is 1. The topological polar surface area (TPSA) is 74.6 Å². The molecule has 2 rings (SSSR count). The number of unbranched alkanes of at least 4 members (excludes halogenated alkanes) is 2. The molecule has 5 heteroatoms. The molecule has 0 amide bonds. The highest BCUT2D eigenvalue weighted by molar-refractivity contribution is 7.86. The van der Waals surface area contributed by atoms with Gasteiger partial charge in [-0.1, -0.05) is 57.0 Å². The van der Waals surface area contributed by atoms with E-state index in [0.717, 1.165) is 49.7 Å². The van der Waals surface area contributed by atoms with Gasteiger partial charge < -0.3 is 5.11 Å². The Hall–Kier alpha value is -1.85. The fourth-order valence-corrected chi connectivity index (χ4v) is 3.93. The lowest BCUT2D eigenvalue weighted by Crippen LogP contribution is -2.04. The number of aryl methyl sites for hydroxylation is 1. The van der Waals surface area contributed by atoms with Gasteiger partial charge in [-0.2, -0.15) is 8.42 Å². The van der Waals surface area contributed by atoms with Gasteiger partial charge in [-0.05, 0) is 48.4 Å². The van der Waals surface area contributed by atoms with Gasteiger partial charge in [-0.25, -0.2) is 0 Å². The Balaban J connectivity index is 2.69. The van der Waals surface area contributed by atoms with Gasteiger partial charge in [0.15, 0.2) is 0 Å². The first-order valence-corrected chi connectivity index (χ1v) is 10.2. The quantitative estimate of drug-likeness (QED) is 0.649. The predicted molar refractivity (Wildman–Crippen MR) is 101 cm³/mol. The molecular weight excluding hydrogens is 336 g/mol.